The predicted octanol–water partition coefficient (Wildman–Crippen LogP) is 2.79. The number of rotatable bonds is 3. The zero-order valence-corrected chi connectivity index (χ0v) is 12.9. The lowest BCUT2D eigenvalue weighted by Gasteiger charge is -2.38. The van der Waals surface area contributed by atoms with E-state index in [0.29, 0.717) is 4.90 Å². The largest absolute Gasteiger partial charge is 0.374 e. The third-order valence-corrected chi connectivity index (χ3v) is 5.20. The van der Waals surface area contributed by atoms with Crippen LogP contribution in [0.25, 0.3) is 0 Å². The molecule has 4 heteroatoms. The highest BCUT2D eigenvalue weighted by molar-refractivity contribution is 7.85. The first kappa shape index (κ1) is 15.9. The molecular weight excluding hydrogens is 258 g/mol. The van der Waals surface area contributed by atoms with E-state index in [1.54, 1.807) is 39.8 Å². The highest BCUT2D eigenvalue weighted by Gasteiger charge is 2.48. The van der Waals surface area contributed by atoms with Crippen molar-refractivity contribution in [3.63, 3.8) is 0 Å². The van der Waals surface area contributed by atoms with E-state index < -0.39 is 27.1 Å². The maximum absolute atomic E-state index is 12.5. The molecule has 1 aromatic carbocycles. The third-order valence-electron chi connectivity index (χ3n) is 3.48. The number of nitriles is 1. The summed E-state index contributed by atoms with van der Waals surface area (Å²) in [6, 6.07) is 9.26. The Balaban J connectivity index is 3.13. The lowest BCUT2D eigenvalue weighted by atomic mass is 9.75. The normalized spacial score (nSPS) is 18.2. The van der Waals surface area contributed by atoms with Gasteiger partial charge in [-0.15, -0.1) is 0 Å². The summed E-state index contributed by atoms with van der Waals surface area (Å²) < 4.78 is 12.5. The van der Waals surface area contributed by atoms with Crippen molar-refractivity contribution in [2.75, 3.05) is 0 Å². The molecule has 0 fully saturated rings. The Hall–Kier alpha value is -1.18. The molecule has 0 aromatic heterocycles. The summed E-state index contributed by atoms with van der Waals surface area (Å²) in [5.74, 6) is 0. The number of aryl methyl sites for hydroxylation is 1. The molecule has 0 amide bonds. The molecule has 3 atom stereocenters. The van der Waals surface area contributed by atoms with Gasteiger partial charge >= 0.3 is 0 Å². The van der Waals surface area contributed by atoms with E-state index in [1.807, 2.05) is 25.1 Å². The van der Waals surface area contributed by atoms with Crippen molar-refractivity contribution in [1.82, 2.24) is 0 Å². The standard InChI is InChI=1S/C15H21NO2S/c1-11-6-8-13(9-7-11)19(18)12(2)15(17,10-16)14(3,4)5/h6-9,12,17H,1-5H3/t12-,15+,19+/m0/s1. The van der Waals surface area contributed by atoms with Gasteiger partial charge in [0, 0.05) is 10.3 Å². The molecule has 0 saturated heterocycles. The highest BCUT2D eigenvalue weighted by Crippen LogP contribution is 2.36. The van der Waals surface area contributed by atoms with Gasteiger partial charge in [-0.05, 0) is 26.0 Å². The monoisotopic (exact) mass is 279 g/mol. The van der Waals surface area contributed by atoms with Gasteiger partial charge in [-0.3, -0.25) is 4.21 Å². The van der Waals surface area contributed by atoms with Gasteiger partial charge in [0.2, 0.25) is 0 Å². The fraction of sp³-hybridized carbons (Fsp3) is 0.533. The number of nitrogens with zero attached hydrogens (tertiary/aromatic N) is 1. The minimum absolute atomic E-state index is 0.635. The zero-order valence-electron chi connectivity index (χ0n) is 12.1. The van der Waals surface area contributed by atoms with E-state index in [-0.39, 0.29) is 0 Å². The zero-order chi connectivity index (χ0) is 14.8. The minimum Gasteiger partial charge on any atom is -0.374 e. The van der Waals surface area contributed by atoms with E-state index in [0.717, 1.165) is 5.56 Å². The van der Waals surface area contributed by atoms with E-state index >= 15 is 0 Å². The molecule has 0 aliphatic heterocycles. The second-order valence-electron chi connectivity index (χ2n) is 5.88. The van der Waals surface area contributed by atoms with Crippen LogP contribution in [0.3, 0.4) is 0 Å². The molecule has 0 aliphatic rings. The van der Waals surface area contributed by atoms with Crippen LogP contribution in [0.1, 0.15) is 33.3 Å². The van der Waals surface area contributed by atoms with Gasteiger partial charge < -0.3 is 5.11 Å². The van der Waals surface area contributed by atoms with Crippen LogP contribution >= 0.6 is 0 Å². The van der Waals surface area contributed by atoms with Crippen molar-refractivity contribution >= 4 is 10.8 Å². The Kier molecular flexibility index (Phi) is 4.54. The van der Waals surface area contributed by atoms with Crippen molar-refractivity contribution in [2.24, 2.45) is 5.41 Å². The lowest BCUT2D eigenvalue weighted by molar-refractivity contribution is -0.00535. The van der Waals surface area contributed by atoms with Gasteiger partial charge in [0.05, 0.1) is 22.1 Å². The average molecular weight is 279 g/mol. The maximum Gasteiger partial charge on any atom is 0.170 e. The van der Waals surface area contributed by atoms with Crippen LogP contribution in [0, 0.1) is 23.7 Å². The van der Waals surface area contributed by atoms with Crippen LogP contribution in [0.15, 0.2) is 29.2 Å². The minimum atomic E-state index is -1.64. The van der Waals surface area contributed by atoms with Crippen molar-refractivity contribution in [1.29, 1.82) is 5.26 Å². The first-order chi connectivity index (χ1) is 8.63. The number of hydrogen-bond acceptors (Lipinski definition) is 3. The summed E-state index contributed by atoms with van der Waals surface area (Å²) >= 11 is 0. The van der Waals surface area contributed by atoms with Crippen LogP contribution in [0.5, 0.6) is 0 Å². The van der Waals surface area contributed by atoms with Gasteiger partial charge in [0.15, 0.2) is 5.60 Å². The molecular formula is C15H21NO2S. The summed E-state index contributed by atoms with van der Waals surface area (Å²) in [4.78, 5) is 0.635. The molecule has 3 nitrogen and oxygen atoms in total. The highest BCUT2D eigenvalue weighted by atomic mass is 32.2. The van der Waals surface area contributed by atoms with Gasteiger partial charge in [-0.2, -0.15) is 5.26 Å². The van der Waals surface area contributed by atoms with Gasteiger partial charge in [0.25, 0.3) is 0 Å². The summed E-state index contributed by atoms with van der Waals surface area (Å²) in [5, 5.41) is 19.2. The fourth-order valence-corrected chi connectivity index (χ4v) is 3.43. The number of benzene rings is 1. The van der Waals surface area contributed by atoms with Crippen molar-refractivity contribution < 1.29 is 9.32 Å². The lowest BCUT2D eigenvalue weighted by Crippen LogP contribution is -2.51. The summed E-state index contributed by atoms with van der Waals surface area (Å²) in [7, 11) is -1.42. The van der Waals surface area contributed by atoms with E-state index in [4.69, 9.17) is 0 Å². The Morgan fingerprint density at radius 1 is 1.26 bits per heavy atom. The summed E-state index contributed by atoms with van der Waals surface area (Å²) in [5.41, 5.74) is -1.22. The SMILES string of the molecule is Cc1ccc([S@](=O)[C@@H](C)[C@](O)(C#N)C(C)(C)C)cc1. The van der Waals surface area contributed by atoms with Gasteiger partial charge in [0.1, 0.15) is 0 Å². The van der Waals surface area contributed by atoms with Crippen LogP contribution in [0.2, 0.25) is 0 Å². The van der Waals surface area contributed by atoms with Crippen LogP contribution in [-0.2, 0) is 10.8 Å². The molecule has 1 rings (SSSR count). The van der Waals surface area contributed by atoms with Gasteiger partial charge in [-0.1, -0.05) is 38.5 Å². The maximum atomic E-state index is 12.5. The first-order valence-corrected chi connectivity index (χ1v) is 7.45. The van der Waals surface area contributed by atoms with Crippen LogP contribution < -0.4 is 0 Å². The topological polar surface area (TPSA) is 61.1 Å². The van der Waals surface area contributed by atoms with Crippen molar-refractivity contribution in [2.45, 2.75) is 50.4 Å². The molecule has 19 heavy (non-hydrogen) atoms. The quantitative estimate of drug-likeness (QED) is 0.865. The molecule has 0 bridgehead atoms. The number of hydrogen-bond donors (Lipinski definition) is 1. The van der Waals surface area contributed by atoms with E-state index in [1.165, 1.54) is 0 Å². The molecule has 0 heterocycles. The first-order valence-electron chi connectivity index (χ1n) is 6.24. The molecule has 1 N–H and O–H groups in total. The molecule has 0 aliphatic carbocycles. The Labute approximate surface area is 117 Å². The average Bonchev–Trinajstić information content (AvgIpc) is 2.35. The Morgan fingerprint density at radius 2 is 1.74 bits per heavy atom. The number of aliphatic hydroxyl groups is 1. The smallest absolute Gasteiger partial charge is 0.170 e. The predicted molar refractivity (Wildman–Crippen MR) is 77.1 cm³/mol. The third kappa shape index (κ3) is 3.05. The van der Waals surface area contributed by atoms with Gasteiger partial charge in [-0.25, -0.2) is 0 Å². The van der Waals surface area contributed by atoms with Crippen molar-refractivity contribution in [3.8, 4) is 6.07 Å². The summed E-state index contributed by atoms with van der Waals surface area (Å²) in [6.45, 7) is 8.94. The summed E-state index contributed by atoms with van der Waals surface area (Å²) in [6.07, 6.45) is 0. The Bertz CT molecular complexity index is 510. The Morgan fingerprint density at radius 3 is 2.11 bits per heavy atom. The second kappa shape index (κ2) is 5.44. The van der Waals surface area contributed by atoms with Crippen LogP contribution in [0.4, 0.5) is 0 Å². The second-order valence-corrected chi connectivity index (χ2v) is 7.65. The van der Waals surface area contributed by atoms with Crippen LogP contribution in [-0.4, -0.2) is 20.2 Å². The van der Waals surface area contributed by atoms with E-state index in [9.17, 15) is 14.6 Å². The molecule has 0 unspecified atom stereocenters. The molecule has 0 saturated carbocycles. The molecule has 0 radical (unpaired) electrons. The molecule has 104 valence electrons. The molecule has 1 aromatic rings. The van der Waals surface area contributed by atoms with Crippen molar-refractivity contribution in [3.05, 3.63) is 29.8 Å². The molecule has 0 spiro atoms. The fourth-order valence-electron chi connectivity index (χ4n) is 1.90. The van der Waals surface area contributed by atoms with E-state index in [2.05, 4.69) is 0 Å².